The lowest BCUT2D eigenvalue weighted by molar-refractivity contribution is -0.141. The van der Waals surface area contributed by atoms with E-state index in [0.29, 0.717) is 23.3 Å². The molecule has 0 aliphatic rings. The van der Waals surface area contributed by atoms with Crippen molar-refractivity contribution in [2.24, 2.45) is 5.92 Å². The summed E-state index contributed by atoms with van der Waals surface area (Å²) in [6, 6.07) is 16.7. The van der Waals surface area contributed by atoms with Crippen molar-refractivity contribution in [2.75, 3.05) is 6.54 Å². The quantitative estimate of drug-likeness (QED) is 0.579. The van der Waals surface area contributed by atoms with Crippen LogP contribution in [0.1, 0.15) is 35.9 Å². The van der Waals surface area contributed by atoms with Crippen molar-refractivity contribution in [3.8, 4) is 5.75 Å². The average Bonchev–Trinajstić information content (AvgIpc) is 3.08. The molecule has 0 fully saturated rings. The zero-order chi connectivity index (χ0) is 19.9. The topological polar surface area (TPSA) is 88.8 Å². The molecular formula is C22H23NO5. The molecule has 0 bridgehead atoms. The Hall–Kier alpha value is -3.28. The van der Waals surface area contributed by atoms with Crippen LogP contribution in [0.25, 0.3) is 11.0 Å². The fourth-order valence-corrected chi connectivity index (χ4v) is 3.06. The summed E-state index contributed by atoms with van der Waals surface area (Å²) in [7, 11) is 0. The third-order valence-corrected chi connectivity index (χ3v) is 4.53. The molecule has 3 rings (SSSR count). The second kappa shape index (κ2) is 9.08. The summed E-state index contributed by atoms with van der Waals surface area (Å²) in [6.45, 7) is 2.13. The Morgan fingerprint density at radius 2 is 1.82 bits per heavy atom. The second-order valence-electron chi connectivity index (χ2n) is 6.54. The van der Waals surface area contributed by atoms with Gasteiger partial charge in [0.05, 0.1) is 5.92 Å². The summed E-state index contributed by atoms with van der Waals surface area (Å²) in [5, 5.41) is 12.8. The van der Waals surface area contributed by atoms with Gasteiger partial charge >= 0.3 is 5.97 Å². The summed E-state index contributed by atoms with van der Waals surface area (Å²) < 4.78 is 11.6. The standard InChI is InChI=1S/C22H23NO5/c1-2-8-15(22(25)26)13-23-21(24)20-18(14-27-16-9-4-3-5-10-16)17-11-6-7-12-19(17)28-20/h3-7,9-12,15H,2,8,13-14H2,1H3,(H,23,24)(H,25,26). The predicted molar refractivity (Wildman–Crippen MR) is 105 cm³/mol. The maximum absolute atomic E-state index is 12.7. The van der Waals surface area contributed by atoms with Crippen molar-refractivity contribution < 1.29 is 23.8 Å². The highest BCUT2D eigenvalue weighted by Crippen LogP contribution is 2.27. The van der Waals surface area contributed by atoms with Crippen LogP contribution in [-0.2, 0) is 11.4 Å². The lowest BCUT2D eigenvalue weighted by Crippen LogP contribution is -2.33. The highest BCUT2D eigenvalue weighted by Gasteiger charge is 2.23. The van der Waals surface area contributed by atoms with E-state index in [1.165, 1.54) is 0 Å². The van der Waals surface area contributed by atoms with E-state index in [1.807, 2.05) is 55.5 Å². The van der Waals surface area contributed by atoms with E-state index in [0.717, 1.165) is 11.8 Å². The van der Waals surface area contributed by atoms with Gasteiger partial charge in [0, 0.05) is 17.5 Å². The molecule has 0 aliphatic heterocycles. The van der Waals surface area contributed by atoms with Crippen molar-refractivity contribution in [3.05, 3.63) is 65.9 Å². The highest BCUT2D eigenvalue weighted by atomic mass is 16.5. The van der Waals surface area contributed by atoms with Gasteiger partial charge in [-0.1, -0.05) is 49.7 Å². The number of hydrogen-bond donors (Lipinski definition) is 2. The largest absolute Gasteiger partial charge is 0.489 e. The molecule has 6 heteroatoms. The minimum Gasteiger partial charge on any atom is -0.489 e. The first-order chi connectivity index (χ1) is 13.6. The average molecular weight is 381 g/mol. The summed E-state index contributed by atoms with van der Waals surface area (Å²) in [6.07, 6.45) is 1.23. The van der Waals surface area contributed by atoms with E-state index >= 15 is 0 Å². The van der Waals surface area contributed by atoms with Crippen LogP contribution in [0.4, 0.5) is 0 Å². The lowest BCUT2D eigenvalue weighted by Gasteiger charge is -2.12. The van der Waals surface area contributed by atoms with Gasteiger partial charge < -0.3 is 19.6 Å². The molecule has 3 aromatic rings. The van der Waals surface area contributed by atoms with E-state index in [-0.39, 0.29) is 18.9 Å². The first-order valence-electron chi connectivity index (χ1n) is 9.29. The molecule has 6 nitrogen and oxygen atoms in total. The van der Waals surface area contributed by atoms with Crippen molar-refractivity contribution in [2.45, 2.75) is 26.4 Å². The number of benzene rings is 2. The number of aliphatic carboxylic acids is 1. The molecule has 0 spiro atoms. The van der Waals surface area contributed by atoms with Crippen LogP contribution in [0.3, 0.4) is 0 Å². The third-order valence-electron chi connectivity index (χ3n) is 4.53. The number of fused-ring (bicyclic) bond motifs is 1. The van der Waals surface area contributed by atoms with E-state index in [2.05, 4.69) is 5.32 Å². The molecule has 2 N–H and O–H groups in total. The van der Waals surface area contributed by atoms with Gasteiger partial charge in [-0.3, -0.25) is 9.59 Å². The molecule has 146 valence electrons. The Morgan fingerprint density at radius 1 is 1.11 bits per heavy atom. The predicted octanol–water partition coefficient (Wildman–Crippen LogP) is 4.24. The molecule has 0 saturated heterocycles. The van der Waals surface area contributed by atoms with Crippen LogP contribution in [0.5, 0.6) is 5.75 Å². The molecule has 2 aromatic carbocycles. The normalized spacial score (nSPS) is 11.9. The third kappa shape index (κ3) is 4.52. The van der Waals surface area contributed by atoms with Gasteiger partial charge in [0.15, 0.2) is 5.76 Å². The van der Waals surface area contributed by atoms with Crippen molar-refractivity contribution in [1.29, 1.82) is 0 Å². The van der Waals surface area contributed by atoms with Gasteiger partial charge in [-0.25, -0.2) is 0 Å². The molecule has 1 heterocycles. The van der Waals surface area contributed by atoms with Gasteiger partial charge in [0.25, 0.3) is 5.91 Å². The number of hydrogen-bond acceptors (Lipinski definition) is 4. The maximum atomic E-state index is 12.7. The number of para-hydroxylation sites is 2. The molecule has 28 heavy (non-hydrogen) atoms. The number of carboxylic acid groups (broad SMARTS) is 1. The molecule has 0 saturated carbocycles. The van der Waals surface area contributed by atoms with Crippen molar-refractivity contribution in [3.63, 3.8) is 0 Å². The van der Waals surface area contributed by atoms with Crippen LogP contribution < -0.4 is 10.1 Å². The minimum atomic E-state index is -0.917. The number of amides is 1. The Bertz CT molecular complexity index is 948. The lowest BCUT2D eigenvalue weighted by atomic mass is 10.0. The van der Waals surface area contributed by atoms with E-state index in [1.54, 1.807) is 6.07 Å². The van der Waals surface area contributed by atoms with Crippen LogP contribution >= 0.6 is 0 Å². The summed E-state index contributed by atoms with van der Waals surface area (Å²) >= 11 is 0. The fourth-order valence-electron chi connectivity index (χ4n) is 3.06. The molecule has 0 radical (unpaired) electrons. The first kappa shape index (κ1) is 19.5. The van der Waals surface area contributed by atoms with E-state index in [4.69, 9.17) is 9.15 Å². The van der Waals surface area contributed by atoms with E-state index in [9.17, 15) is 14.7 Å². The monoisotopic (exact) mass is 381 g/mol. The zero-order valence-corrected chi connectivity index (χ0v) is 15.7. The number of nitrogens with one attached hydrogen (secondary N) is 1. The number of carbonyl (C=O) groups is 2. The molecular weight excluding hydrogens is 358 g/mol. The van der Waals surface area contributed by atoms with Crippen LogP contribution in [0.2, 0.25) is 0 Å². The Labute approximate surface area is 163 Å². The molecule has 0 aliphatic carbocycles. The molecule has 1 aromatic heterocycles. The summed E-state index contributed by atoms with van der Waals surface area (Å²) in [5.41, 5.74) is 1.22. The zero-order valence-electron chi connectivity index (χ0n) is 15.7. The number of furan rings is 1. The highest BCUT2D eigenvalue weighted by molar-refractivity contribution is 5.99. The van der Waals surface area contributed by atoms with Gasteiger partial charge in [0.2, 0.25) is 0 Å². The SMILES string of the molecule is CCCC(CNC(=O)c1oc2ccccc2c1COc1ccccc1)C(=O)O. The Morgan fingerprint density at radius 3 is 2.54 bits per heavy atom. The number of carboxylic acids is 1. The van der Waals surface area contributed by atoms with Gasteiger partial charge in [-0.2, -0.15) is 0 Å². The Kier molecular flexibility index (Phi) is 6.32. The Balaban J connectivity index is 1.81. The molecule has 1 amide bonds. The first-order valence-corrected chi connectivity index (χ1v) is 9.29. The molecule has 1 atom stereocenters. The van der Waals surface area contributed by atoms with Gasteiger partial charge in [0.1, 0.15) is 17.9 Å². The minimum absolute atomic E-state index is 0.0536. The van der Waals surface area contributed by atoms with Crippen LogP contribution in [0, 0.1) is 5.92 Å². The number of rotatable bonds is 9. The fraction of sp³-hybridized carbons (Fsp3) is 0.273. The maximum Gasteiger partial charge on any atom is 0.308 e. The van der Waals surface area contributed by atoms with Crippen LogP contribution in [0.15, 0.2) is 59.0 Å². The molecule has 1 unspecified atom stereocenters. The summed E-state index contributed by atoms with van der Waals surface area (Å²) in [5.74, 6) is -1.14. The van der Waals surface area contributed by atoms with Crippen molar-refractivity contribution >= 4 is 22.8 Å². The van der Waals surface area contributed by atoms with E-state index < -0.39 is 17.8 Å². The van der Waals surface area contributed by atoms with Gasteiger partial charge in [-0.15, -0.1) is 0 Å². The van der Waals surface area contributed by atoms with Crippen molar-refractivity contribution in [1.82, 2.24) is 5.32 Å². The number of ether oxygens (including phenoxy) is 1. The number of carbonyl (C=O) groups excluding carboxylic acids is 1. The summed E-state index contributed by atoms with van der Waals surface area (Å²) in [4.78, 5) is 24.0. The van der Waals surface area contributed by atoms with Gasteiger partial charge in [-0.05, 0) is 24.6 Å². The second-order valence-corrected chi connectivity index (χ2v) is 6.54. The van der Waals surface area contributed by atoms with Crippen LogP contribution in [-0.4, -0.2) is 23.5 Å². The smallest absolute Gasteiger partial charge is 0.308 e.